The highest BCUT2D eigenvalue weighted by Crippen LogP contribution is 2.35. The van der Waals surface area contributed by atoms with E-state index in [1.165, 1.54) is 0 Å². The molecular formula is C16H16N2O3. The van der Waals surface area contributed by atoms with Crippen LogP contribution in [0.3, 0.4) is 0 Å². The number of aliphatic hydroxyl groups excluding tert-OH is 1. The number of imidazole rings is 1. The van der Waals surface area contributed by atoms with Crippen molar-refractivity contribution in [3.8, 4) is 22.8 Å². The van der Waals surface area contributed by atoms with Crippen LogP contribution in [0.4, 0.5) is 0 Å². The van der Waals surface area contributed by atoms with Crippen molar-refractivity contribution in [2.24, 2.45) is 0 Å². The van der Waals surface area contributed by atoms with Gasteiger partial charge >= 0.3 is 0 Å². The van der Waals surface area contributed by atoms with Crippen LogP contribution in [0.15, 0.2) is 42.6 Å². The third kappa shape index (κ3) is 2.21. The summed E-state index contributed by atoms with van der Waals surface area (Å²) in [6, 6.07) is 11.2. The quantitative estimate of drug-likeness (QED) is 0.800. The van der Waals surface area contributed by atoms with Gasteiger partial charge in [0, 0.05) is 11.8 Å². The van der Waals surface area contributed by atoms with Crippen LogP contribution in [0.25, 0.3) is 16.9 Å². The number of ether oxygens (including phenoxy) is 2. The number of hydrogen-bond donors (Lipinski definition) is 1. The van der Waals surface area contributed by atoms with Crippen LogP contribution in [-0.2, 0) is 6.61 Å². The summed E-state index contributed by atoms with van der Waals surface area (Å²) in [5.41, 5.74) is 2.99. The molecule has 0 aliphatic heterocycles. The van der Waals surface area contributed by atoms with Crippen molar-refractivity contribution in [3.63, 3.8) is 0 Å². The summed E-state index contributed by atoms with van der Waals surface area (Å²) in [5.74, 6) is 1.40. The minimum Gasteiger partial charge on any atom is -0.497 e. The Morgan fingerprint density at radius 3 is 2.71 bits per heavy atom. The van der Waals surface area contributed by atoms with Gasteiger partial charge in [0.25, 0.3) is 0 Å². The molecule has 0 bridgehead atoms. The molecule has 0 saturated heterocycles. The van der Waals surface area contributed by atoms with E-state index in [1.54, 1.807) is 14.2 Å². The molecular weight excluding hydrogens is 268 g/mol. The fourth-order valence-electron chi connectivity index (χ4n) is 2.41. The van der Waals surface area contributed by atoms with Gasteiger partial charge in [0.15, 0.2) is 0 Å². The zero-order valence-electron chi connectivity index (χ0n) is 11.9. The monoisotopic (exact) mass is 284 g/mol. The van der Waals surface area contributed by atoms with Crippen molar-refractivity contribution in [2.45, 2.75) is 6.61 Å². The first-order valence-electron chi connectivity index (χ1n) is 6.57. The maximum Gasteiger partial charge on any atom is 0.137 e. The van der Waals surface area contributed by atoms with Crippen LogP contribution >= 0.6 is 0 Å². The Morgan fingerprint density at radius 2 is 2.00 bits per heavy atom. The first kappa shape index (κ1) is 13.5. The molecule has 0 spiro atoms. The summed E-state index contributed by atoms with van der Waals surface area (Å²) < 4.78 is 12.5. The van der Waals surface area contributed by atoms with E-state index in [0.717, 1.165) is 16.9 Å². The standard InChI is InChI=1S/C16H16N2O3/c1-20-11-6-7-14(21-2)12(9-11)16-13(10-19)18-8-4-3-5-15(18)17-16/h3-9,19H,10H2,1-2H3. The maximum absolute atomic E-state index is 9.72. The molecule has 0 aliphatic rings. The molecule has 5 heteroatoms. The van der Waals surface area contributed by atoms with Crippen molar-refractivity contribution in [1.82, 2.24) is 9.38 Å². The lowest BCUT2D eigenvalue weighted by atomic mass is 10.1. The van der Waals surface area contributed by atoms with Crippen molar-refractivity contribution < 1.29 is 14.6 Å². The Bertz CT molecular complexity index is 780. The number of nitrogens with zero attached hydrogens (tertiary/aromatic N) is 2. The zero-order chi connectivity index (χ0) is 14.8. The highest BCUT2D eigenvalue weighted by molar-refractivity contribution is 5.73. The molecule has 1 aromatic carbocycles. The van der Waals surface area contributed by atoms with Crippen molar-refractivity contribution >= 4 is 5.65 Å². The summed E-state index contributed by atoms with van der Waals surface area (Å²) in [4.78, 5) is 4.61. The van der Waals surface area contributed by atoms with Crippen LogP contribution in [-0.4, -0.2) is 28.7 Å². The first-order chi connectivity index (χ1) is 10.3. The summed E-state index contributed by atoms with van der Waals surface area (Å²) >= 11 is 0. The molecule has 0 radical (unpaired) electrons. The fraction of sp³-hybridized carbons (Fsp3) is 0.188. The predicted octanol–water partition coefficient (Wildman–Crippen LogP) is 2.51. The third-order valence-corrected chi connectivity index (χ3v) is 3.44. The van der Waals surface area contributed by atoms with Gasteiger partial charge in [-0.25, -0.2) is 4.98 Å². The van der Waals surface area contributed by atoms with E-state index in [4.69, 9.17) is 9.47 Å². The van der Waals surface area contributed by atoms with Crippen LogP contribution < -0.4 is 9.47 Å². The van der Waals surface area contributed by atoms with Crippen LogP contribution in [0.2, 0.25) is 0 Å². The summed E-state index contributed by atoms with van der Waals surface area (Å²) in [6.45, 7) is -0.110. The van der Waals surface area contributed by atoms with Gasteiger partial charge < -0.3 is 19.0 Å². The van der Waals surface area contributed by atoms with Crippen LogP contribution in [0, 0.1) is 0 Å². The lowest BCUT2D eigenvalue weighted by molar-refractivity contribution is 0.276. The van der Waals surface area contributed by atoms with Crippen molar-refractivity contribution in [3.05, 3.63) is 48.3 Å². The minimum atomic E-state index is -0.110. The highest BCUT2D eigenvalue weighted by Gasteiger charge is 2.17. The number of pyridine rings is 1. The van der Waals surface area contributed by atoms with Gasteiger partial charge in [-0.15, -0.1) is 0 Å². The molecule has 3 aromatic rings. The number of rotatable bonds is 4. The minimum absolute atomic E-state index is 0.110. The maximum atomic E-state index is 9.72. The van der Waals surface area contributed by atoms with Gasteiger partial charge in [-0.1, -0.05) is 6.07 Å². The molecule has 1 N–H and O–H groups in total. The molecule has 0 fully saturated rings. The van der Waals surface area contributed by atoms with Gasteiger partial charge in [0.05, 0.1) is 32.2 Å². The lowest BCUT2D eigenvalue weighted by Gasteiger charge is -2.10. The van der Waals surface area contributed by atoms with E-state index in [-0.39, 0.29) is 6.61 Å². The molecule has 0 amide bonds. The summed E-state index contributed by atoms with van der Waals surface area (Å²) in [6.07, 6.45) is 1.88. The van der Waals surface area contributed by atoms with Gasteiger partial charge in [-0.05, 0) is 30.3 Å². The molecule has 3 rings (SSSR count). The van der Waals surface area contributed by atoms with Crippen molar-refractivity contribution in [1.29, 1.82) is 0 Å². The largest absolute Gasteiger partial charge is 0.497 e. The Hall–Kier alpha value is -2.53. The average molecular weight is 284 g/mol. The number of hydrogen-bond acceptors (Lipinski definition) is 4. The zero-order valence-corrected chi connectivity index (χ0v) is 11.9. The van der Waals surface area contributed by atoms with E-state index >= 15 is 0 Å². The fourth-order valence-corrected chi connectivity index (χ4v) is 2.41. The third-order valence-electron chi connectivity index (χ3n) is 3.44. The first-order valence-corrected chi connectivity index (χ1v) is 6.57. The second-order valence-electron chi connectivity index (χ2n) is 4.56. The molecule has 2 heterocycles. The number of fused-ring (bicyclic) bond motifs is 1. The van der Waals surface area contributed by atoms with E-state index in [0.29, 0.717) is 17.2 Å². The Labute approximate surface area is 122 Å². The number of benzene rings is 1. The molecule has 0 atom stereocenters. The van der Waals surface area contributed by atoms with Gasteiger partial charge in [0.1, 0.15) is 17.1 Å². The van der Waals surface area contributed by atoms with Gasteiger partial charge in [-0.2, -0.15) is 0 Å². The Kier molecular flexibility index (Phi) is 3.50. The van der Waals surface area contributed by atoms with E-state index in [2.05, 4.69) is 4.98 Å². The topological polar surface area (TPSA) is 56.0 Å². The van der Waals surface area contributed by atoms with Crippen LogP contribution in [0.5, 0.6) is 11.5 Å². The molecule has 5 nitrogen and oxygen atoms in total. The Balaban J connectivity index is 2.29. The molecule has 0 aliphatic carbocycles. The second-order valence-corrected chi connectivity index (χ2v) is 4.56. The lowest BCUT2D eigenvalue weighted by Crippen LogP contribution is -1.96. The molecule has 2 aromatic heterocycles. The second kappa shape index (κ2) is 5.46. The van der Waals surface area contributed by atoms with Gasteiger partial charge in [-0.3, -0.25) is 0 Å². The van der Waals surface area contributed by atoms with Gasteiger partial charge in [0.2, 0.25) is 0 Å². The van der Waals surface area contributed by atoms with E-state index in [9.17, 15) is 5.11 Å². The summed E-state index contributed by atoms with van der Waals surface area (Å²) in [7, 11) is 3.22. The highest BCUT2D eigenvalue weighted by atomic mass is 16.5. The number of aromatic nitrogens is 2. The molecule has 0 saturated carbocycles. The predicted molar refractivity (Wildman–Crippen MR) is 79.7 cm³/mol. The normalized spacial score (nSPS) is 10.8. The van der Waals surface area contributed by atoms with Crippen LogP contribution in [0.1, 0.15) is 5.69 Å². The average Bonchev–Trinajstić information content (AvgIpc) is 2.92. The molecule has 21 heavy (non-hydrogen) atoms. The number of aliphatic hydroxyl groups is 1. The summed E-state index contributed by atoms with van der Waals surface area (Å²) in [5, 5.41) is 9.72. The molecule has 0 unspecified atom stereocenters. The smallest absolute Gasteiger partial charge is 0.137 e. The van der Waals surface area contributed by atoms with Crippen molar-refractivity contribution in [2.75, 3.05) is 14.2 Å². The SMILES string of the molecule is COc1ccc(OC)c(-c2nc3ccccn3c2CO)c1. The van der Waals surface area contributed by atoms with E-state index in [1.807, 2.05) is 47.0 Å². The van der Waals surface area contributed by atoms with E-state index < -0.39 is 0 Å². The molecule has 108 valence electrons. The number of methoxy groups -OCH3 is 2. The Morgan fingerprint density at radius 1 is 1.14 bits per heavy atom.